The van der Waals surface area contributed by atoms with Gasteiger partial charge < -0.3 is 5.32 Å². The summed E-state index contributed by atoms with van der Waals surface area (Å²) < 4.78 is 1.84. The lowest BCUT2D eigenvalue weighted by molar-refractivity contribution is -0.120. The summed E-state index contributed by atoms with van der Waals surface area (Å²) in [5.41, 5.74) is 3.36. The van der Waals surface area contributed by atoms with Gasteiger partial charge >= 0.3 is 0 Å². The van der Waals surface area contributed by atoms with E-state index in [9.17, 15) is 4.79 Å². The Balaban J connectivity index is 1.76. The van der Waals surface area contributed by atoms with Crippen molar-refractivity contribution in [2.24, 2.45) is 0 Å². The van der Waals surface area contributed by atoms with E-state index in [0.717, 1.165) is 11.1 Å². The van der Waals surface area contributed by atoms with Crippen molar-refractivity contribution < 1.29 is 4.79 Å². The van der Waals surface area contributed by atoms with Crippen LogP contribution >= 0.6 is 0 Å². The van der Waals surface area contributed by atoms with Crippen molar-refractivity contribution in [2.45, 2.75) is 26.8 Å². The Bertz CT molecular complexity index is 560. The molecule has 1 N–H and O–H groups in total. The van der Waals surface area contributed by atoms with Gasteiger partial charge in [0.05, 0.1) is 19.2 Å². The number of aryl methyl sites for hydroxylation is 2. The molecule has 0 saturated carbocycles. The van der Waals surface area contributed by atoms with Crippen LogP contribution in [0.1, 0.15) is 16.7 Å². The summed E-state index contributed by atoms with van der Waals surface area (Å²) >= 11 is 0. The Morgan fingerprint density at radius 3 is 2.84 bits per heavy atom. The molecule has 0 atom stereocenters. The van der Waals surface area contributed by atoms with Crippen molar-refractivity contribution in [3.05, 3.63) is 53.3 Å². The van der Waals surface area contributed by atoms with Crippen LogP contribution in [0.3, 0.4) is 0 Å². The highest BCUT2D eigenvalue weighted by atomic mass is 16.1. The molecule has 0 saturated heterocycles. The van der Waals surface area contributed by atoms with Crippen LogP contribution in [0.2, 0.25) is 0 Å². The van der Waals surface area contributed by atoms with Crippen molar-refractivity contribution in [3.63, 3.8) is 0 Å². The van der Waals surface area contributed by atoms with Crippen LogP contribution in [0.4, 0.5) is 0 Å². The highest BCUT2D eigenvalue weighted by Crippen LogP contribution is 2.04. The molecular weight excluding hydrogens is 238 g/mol. The number of nitrogens with one attached hydrogen (secondary N) is 1. The highest BCUT2D eigenvalue weighted by molar-refractivity contribution is 5.78. The van der Waals surface area contributed by atoms with Gasteiger partial charge in [0.25, 0.3) is 0 Å². The lowest BCUT2D eigenvalue weighted by Crippen LogP contribution is -2.28. The van der Waals surface area contributed by atoms with Crippen molar-refractivity contribution in [1.82, 2.24) is 15.1 Å². The van der Waals surface area contributed by atoms with Crippen molar-refractivity contribution in [1.29, 1.82) is 0 Å². The second-order valence-corrected chi connectivity index (χ2v) is 4.80. The zero-order valence-corrected chi connectivity index (χ0v) is 11.4. The van der Waals surface area contributed by atoms with Crippen LogP contribution in [0.5, 0.6) is 0 Å². The fourth-order valence-corrected chi connectivity index (χ4v) is 1.97. The van der Waals surface area contributed by atoms with Gasteiger partial charge in [-0.05, 0) is 25.0 Å². The first kappa shape index (κ1) is 13.3. The van der Waals surface area contributed by atoms with Crippen LogP contribution in [-0.2, 0) is 17.8 Å². The molecule has 1 amide bonds. The van der Waals surface area contributed by atoms with Gasteiger partial charge in [0, 0.05) is 12.7 Å². The molecule has 4 nitrogen and oxygen atoms in total. The molecule has 2 aromatic rings. The molecule has 1 aromatic heterocycles. The zero-order valence-electron chi connectivity index (χ0n) is 11.4. The number of benzene rings is 1. The standard InChI is InChI=1S/C15H19N3O/c1-12-4-3-5-14(8-12)9-15(19)16-6-7-18-11-13(2)10-17-18/h3-5,8,10-11H,6-7,9H2,1-2H3,(H,16,19). The summed E-state index contributed by atoms with van der Waals surface area (Å²) in [4.78, 5) is 11.8. The predicted molar refractivity (Wildman–Crippen MR) is 74.9 cm³/mol. The largest absolute Gasteiger partial charge is 0.354 e. The number of hydrogen-bond acceptors (Lipinski definition) is 2. The Morgan fingerprint density at radius 1 is 1.32 bits per heavy atom. The van der Waals surface area contributed by atoms with E-state index in [4.69, 9.17) is 0 Å². The molecule has 1 aromatic carbocycles. The lowest BCUT2D eigenvalue weighted by atomic mass is 10.1. The first-order chi connectivity index (χ1) is 9.13. The summed E-state index contributed by atoms with van der Waals surface area (Å²) in [5.74, 6) is 0.0504. The molecule has 0 spiro atoms. The lowest BCUT2D eigenvalue weighted by Gasteiger charge is -2.06. The molecule has 0 aliphatic heterocycles. The van der Waals surface area contributed by atoms with E-state index in [1.165, 1.54) is 5.56 Å². The first-order valence-electron chi connectivity index (χ1n) is 6.45. The molecule has 0 fully saturated rings. The van der Waals surface area contributed by atoms with Crippen LogP contribution < -0.4 is 5.32 Å². The zero-order chi connectivity index (χ0) is 13.7. The summed E-state index contributed by atoms with van der Waals surface area (Å²) in [6.07, 6.45) is 4.21. The third-order valence-corrected chi connectivity index (χ3v) is 2.87. The normalized spacial score (nSPS) is 10.4. The van der Waals surface area contributed by atoms with Crippen molar-refractivity contribution >= 4 is 5.91 Å². The van der Waals surface area contributed by atoms with Crippen molar-refractivity contribution in [2.75, 3.05) is 6.54 Å². The van der Waals surface area contributed by atoms with E-state index in [1.54, 1.807) is 0 Å². The Labute approximate surface area is 113 Å². The number of carbonyl (C=O) groups is 1. The molecule has 2 rings (SSSR count). The first-order valence-corrected chi connectivity index (χ1v) is 6.45. The van der Waals surface area contributed by atoms with Gasteiger partial charge in [-0.3, -0.25) is 9.48 Å². The van der Waals surface area contributed by atoms with E-state index in [2.05, 4.69) is 10.4 Å². The summed E-state index contributed by atoms with van der Waals surface area (Å²) in [7, 11) is 0. The monoisotopic (exact) mass is 257 g/mol. The SMILES string of the molecule is Cc1cccc(CC(=O)NCCn2cc(C)cn2)c1. The van der Waals surface area contributed by atoms with E-state index in [0.29, 0.717) is 19.5 Å². The molecule has 19 heavy (non-hydrogen) atoms. The number of carbonyl (C=O) groups excluding carboxylic acids is 1. The number of amides is 1. The number of aromatic nitrogens is 2. The Kier molecular flexibility index (Phi) is 4.34. The molecule has 0 aliphatic rings. The van der Waals surface area contributed by atoms with Gasteiger partial charge in [0.2, 0.25) is 5.91 Å². The van der Waals surface area contributed by atoms with Crippen LogP contribution in [0, 0.1) is 13.8 Å². The van der Waals surface area contributed by atoms with E-state index in [1.807, 2.05) is 55.2 Å². The molecule has 4 heteroatoms. The van der Waals surface area contributed by atoms with Gasteiger partial charge in [-0.1, -0.05) is 29.8 Å². The topological polar surface area (TPSA) is 46.9 Å². The molecule has 0 bridgehead atoms. The fraction of sp³-hybridized carbons (Fsp3) is 0.333. The van der Waals surface area contributed by atoms with Gasteiger partial charge in [0.1, 0.15) is 0 Å². The van der Waals surface area contributed by atoms with Gasteiger partial charge in [-0.15, -0.1) is 0 Å². The summed E-state index contributed by atoms with van der Waals surface area (Å²) in [6.45, 7) is 5.33. The van der Waals surface area contributed by atoms with Crippen LogP contribution in [-0.4, -0.2) is 22.2 Å². The fourth-order valence-electron chi connectivity index (χ4n) is 1.97. The third kappa shape index (κ3) is 4.25. The minimum atomic E-state index is 0.0504. The maximum absolute atomic E-state index is 11.8. The van der Waals surface area contributed by atoms with E-state index in [-0.39, 0.29) is 5.91 Å². The minimum absolute atomic E-state index is 0.0504. The average molecular weight is 257 g/mol. The second kappa shape index (κ2) is 6.18. The van der Waals surface area contributed by atoms with Crippen LogP contribution in [0.15, 0.2) is 36.7 Å². The summed E-state index contributed by atoms with van der Waals surface area (Å²) in [6, 6.07) is 8.02. The number of rotatable bonds is 5. The predicted octanol–water partition coefficient (Wildman–Crippen LogP) is 1.86. The van der Waals surface area contributed by atoms with E-state index < -0.39 is 0 Å². The summed E-state index contributed by atoms with van der Waals surface area (Å²) in [5, 5.41) is 7.08. The highest BCUT2D eigenvalue weighted by Gasteiger charge is 2.03. The smallest absolute Gasteiger partial charge is 0.224 e. The molecular formula is C15H19N3O. The second-order valence-electron chi connectivity index (χ2n) is 4.80. The molecule has 0 aliphatic carbocycles. The van der Waals surface area contributed by atoms with Crippen LogP contribution in [0.25, 0.3) is 0 Å². The number of hydrogen-bond donors (Lipinski definition) is 1. The van der Waals surface area contributed by atoms with E-state index >= 15 is 0 Å². The average Bonchev–Trinajstić information content (AvgIpc) is 2.75. The van der Waals surface area contributed by atoms with Gasteiger partial charge in [-0.2, -0.15) is 5.10 Å². The molecule has 1 heterocycles. The Morgan fingerprint density at radius 2 is 2.16 bits per heavy atom. The molecule has 100 valence electrons. The molecule has 0 radical (unpaired) electrons. The maximum Gasteiger partial charge on any atom is 0.224 e. The third-order valence-electron chi connectivity index (χ3n) is 2.87. The van der Waals surface area contributed by atoms with Gasteiger partial charge in [-0.25, -0.2) is 0 Å². The Hall–Kier alpha value is -2.10. The maximum atomic E-state index is 11.8. The quantitative estimate of drug-likeness (QED) is 0.888. The van der Waals surface area contributed by atoms with Gasteiger partial charge in [0.15, 0.2) is 0 Å². The van der Waals surface area contributed by atoms with Crippen molar-refractivity contribution in [3.8, 4) is 0 Å². The number of nitrogens with zero attached hydrogens (tertiary/aromatic N) is 2. The molecule has 0 unspecified atom stereocenters. The minimum Gasteiger partial charge on any atom is -0.354 e.